The molecule has 0 atom stereocenters. The average Bonchev–Trinajstić information content (AvgIpc) is 3.16. The quantitative estimate of drug-likeness (QED) is 0.486. The van der Waals surface area contributed by atoms with Gasteiger partial charge in [-0.15, -0.1) is 0 Å². The third-order valence-electron chi connectivity index (χ3n) is 3.41. The molecule has 5 nitrogen and oxygen atoms in total. The Bertz CT molecular complexity index is 1100. The highest BCUT2D eigenvalue weighted by molar-refractivity contribution is 7.29. The van der Waals surface area contributed by atoms with Crippen LogP contribution < -0.4 is 10.1 Å². The summed E-state index contributed by atoms with van der Waals surface area (Å²) in [7, 11) is 1.59. The molecule has 4 rings (SSSR count). The number of aromatic nitrogens is 2. The molecule has 2 aromatic heterocycles. The first-order valence-electron chi connectivity index (χ1n) is 7.05. The van der Waals surface area contributed by atoms with Crippen LogP contribution in [0.1, 0.15) is 10.4 Å². The fourth-order valence-corrected chi connectivity index (χ4v) is 4.84. The summed E-state index contributed by atoms with van der Waals surface area (Å²) in [5.41, 5.74) is 2.02. The van der Waals surface area contributed by atoms with Crippen molar-refractivity contribution in [3.63, 3.8) is 0 Å². The van der Waals surface area contributed by atoms with Crippen LogP contribution in [0.4, 0.5) is 5.13 Å². The Morgan fingerprint density at radius 3 is 2.36 bits per heavy atom. The Kier molecular flexibility index (Phi) is 4.24. The van der Waals surface area contributed by atoms with Gasteiger partial charge in [-0.05, 0) is 30.3 Å². The lowest BCUT2D eigenvalue weighted by molar-refractivity contribution is 0.102. The number of rotatable bonds is 3. The number of amides is 1. The van der Waals surface area contributed by atoms with E-state index in [4.69, 9.17) is 27.9 Å². The van der Waals surface area contributed by atoms with Crippen LogP contribution in [0.25, 0.3) is 20.4 Å². The molecule has 0 radical (unpaired) electrons. The maximum Gasteiger partial charge on any atom is 0.274 e. The Labute approximate surface area is 160 Å². The number of nitrogens with zero attached hydrogens (tertiary/aromatic N) is 2. The molecule has 9 heteroatoms. The van der Waals surface area contributed by atoms with E-state index in [2.05, 4.69) is 15.3 Å². The summed E-state index contributed by atoms with van der Waals surface area (Å²) in [6.07, 6.45) is 0. The standard InChI is InChI=1S/C16H9Cl2N3O2S2/c1-23-16-20-11-3-2-10-12(13(11)25-16)24-15(19-10)21-14(22)7-4-8(17)6-9(18)5-7/h2-6H,1H3,(H,19,21,22). The first kappa shape index (κ1) is 16.5. The molecule has 0 saturated carbocycles. The highest BCUT2D eigenvalue weighted by atomic mass is 35.5. The number of hydrogen-bond acceptors (Lipinski definition) is 6. The number of carbonyl (C=O) groups is 1. The van der Waals surface area contributed by atoms with Gasteiger partial charge in [-0.3, -0.25) is 10.1 Å². The van der Waals surface area contributed by atoms with Crippen LogP contribution in [0.2, 0.25) is 10.0 Å². The minimum atomic E-state index is -0.318. The third kappa shape index (κ3) is 3.16. The Hall–Kier alpha value is -1.93. The predicted octanol–water partition coefficient (Wildman–Crippen LogP) is 5.47. The second-order valence-electron chi connectivity index (χ2n) is 5.08. The number of anilines is 1. The molecule has 25 heavy (non-hydrogen) atoms. The predicted molar refractivity (Wildman–Crippen MR) is 104 cm³/mol. The Morgan fingerprint density at radius 1 is 1.04 bits per heavy atom. The number of nitrogens with one attached hydrogen (secondary N) is 1. The number of hydrogen-bond donors (Lipinski definition) is 1. The molecule has 0 spiro atoms. The van der Waals surface area contributed by atoms with E-state index in [-0.39, 0.29) is 5.91 Å². The first-order valence-corrected chi connectivity index (χ1v) is 9.44. The van der Waals surface area contributed by atoms with Crippen LogP contribution in [-0.4, -0.2) is 23.0 Å². The van der Waals surface area contributed by atoms with E-state index in [1.165, 1.54) is 22.7 Å². The number of halogens is 2. The lowest BCUT2D eigenvalue weighted by Crippen LogP contribution is -2.11. The lowest BCUT2D eigenvalue weighted by atomic mass is 10.2. The molecule has 0 aliphatic rings. The number of thiazole rings is 2. The molecule has 0 saturated heterocycles. The number of ether oxygens (including phenoxy) is 1. The van der Waals surface area contributed by atoms with E-state index in [1.807, 2.05) is 12.1 Å². The summed E-state index contributed by atoms with van der Waals surface area (Å²) in [5.74, 6) is -0.318. The van der Waals surface area contributed by atoms with Gasteiger partial charge in [-0.25, -0.2) is 9.97 Å². The van der Waals surface area contributed by atoms with Crippen molar-refractivity contribution < 1.29 is 9.53 Å². The van der Waals surface area contributed by atoms with Gasteiger partial charge in [-0.1, -0.05) is 45.9 Å². The van der Waals surface area contributed by atoms with Gasteiger partial charge < -0.3 is 4.74 Å². The van der Waals surface area contributed by atoms with E-state index in [0.717, 1.165) is 20.4 Å². The van der Waals surface area contributed by atoms with Gasteiger partial charge in [0, 0.05) is 15.6 Å². The second kappa shape index (κ2) is 6.42. The maximum absolute atomic E-state index is 12.4. The van der Waals surface area contributed by atoms with Crippen molar-refractivity contribution in [2.75, 3.05) is 12.4 Å². The molecule has 1 amide bonds. The van der Waals surface area contributed by atoms with E-state index in [0.29, 0.717) is 25.9 Å². The van der Waals surface area contributed by atoms with Crippen LogP contribution in [-0.2, 0) is 0 Å². The van der Waals surface area contributed by atoms with Crippen LogP contribution in [0.5, 0.6) is 5.19 Å². The van der Waals surface area contributed by atoms with Gasteiger partial charge in [-0.2, -0.15) is 0 Å². The Balaban J connectivity index is 1.70. The molecule has 2 heterocycles. The van der Waals surface area contributed by atoms with E-state index in [1.54, 1.807) is 25.3 Å². The number of fused-ring (bicyclic) bond motifs is 3. The van der Waals surface area contributed by atoms with Crippen molar-refractivity contribution in [1.82, 2.24) is 9.97 Å². The van der Waals surface area contributed by atoms with E-state index in [9.17, 15) is 4.79 Å². The zero-order valence-corrected chi connectivity index (χ0v) is 15.8. The van der Waals surface area contributed by atoms with Gasteiger partial charge in [0.1, 0.15) is 0 Å². The van der Waals surface area contributed by atoms with Crippen molar-refractivity contribution in [1.29, 1.82) is 0 Å². The van der Waals surface area contributed by atoms with Crippen LogP contribution in [0, 0.1) is 0 Å². The first-order chi connectivity index (χ1) is 12.0. The minimum Gasteiger partial charge on any atom is -0.473 e. The van der Waals surface area contributed by atoms with Crippen molar-refractivity contribution in [2.45, 2.75) is 0 Å². The SMILES string of the molecule is COc1nc2ccc3nc(NC(=O)c4cc(Cl)cc(Cl)c4)sc3c2s1. The van der Waals surface area contributed by atoms with Crippen molar-refractivity contribution in [2.24, 2.45) is 0 Å². The van der Waals surface area contributed by atoms with Gasteiger partial charge in [0.2, 0.25) is 0 Å². The summed E-state index contributed by atoms with van der Waals surface area (Å²) in [5, 5.41) is 4.69. The number of carbonyl (C=O) groups excluding carboxylic acids is 1. The lowest BCUT2D eigenvalue weighted by Gasteiger charge is -2.02. The maximum atomic E-state index is 12.4. The number of methoxy groups -OCH3 is 1. The molecule has 1 N–H and O–H groups in total. The van der Waals surface area contributed by atoms with Gasteiger partial charge in [0.15, 0.2) is 5.13 Å². The van der Waals surface area contributed by atoms with E-state index >= 15 is 0 Å². The smallest absolute Gasteiger partial charge is 0.274 e. The molecular weight excluding hydrogens is 401 g/mol. The van der Waals surface area contributed by atoms with Crippen molar-refractivity contribution in [3.05, 3.63) is 45.9 Å². The second-order valence-corrected chi connectivity index (χ2v) is 7.91. The van der Waals surface area contributed by atoms with Crippen molar-refractivity contribution >= 4 is 77.3 Å². The van der Waals surface area contributed by atoms with Crippen LogP contribution >= 0.6 is 45.9 Å². The summed E-state index contributed by atoms with van der Waals surface area (Å²) >= 11 is 14.7. The summed E-state index contributed by atoms with van der Waals surface area (Å²) in [6, 6.07) is 8.45. The van der Waals surface area contributed by atoms with Crippen LogP contribution in [0.3, 0.4) is 0 Å². The van der Waals surface area contributed by atoms with Gasteiger partial charge in [0.05, 0.1) is 27.5 Å². The molecule has 0 fully saturated rings. The fourth-order valence-electron chi connectivity index (χ4n) is 2.35. The van der Waals surface area contributed by atoms with E-state index < -0.39 is 0 Å². The monoisotopic (exact) mass is 409 g/mol. The minimum absolute atomic E-state index is 0.318. The molecule has 0 bridgehead atoms. The Morgan fingerprint density at radius 2 is 1.68 bits per heavy atom. The summed E-state index contributed by atoms with van der Waals surface area (Å²) in [4.78, 5) is 21.3. The van der Waals surface area contributed by atoms with Crippen molar-refractivity contribution in [3.8, 4) is 5.19 Å². The molecule has 0 aliphatic carbocycles. The number of benzene rings is 2. The molecule has 0 aliphatic heterocycles. The molecular formula is C16H9Cl2N3O2S2. The highest BCUT2D eigenvalue weighted by Crippen LogP contribution is 2.38. The van der Waals surface area contributed by atoms with Gasteiger partial charge in [0.25, 0.3) is 11.1 Å². The summed E-state index contributed by atoms with van der Waals surface area (Å²) < 4.78 is 7.14. The third-order valence-corrected chi connectivity index (χ3v) is 6.03. The normalized spacial score (nSPS) is 11.2. The highest BCUT2D eigenvalue weighted by Gasteiger charge is 2.15. The van der Waals surface area contributed by atoms with Crippen LogP contribution in [0.15, 0.2) is 30.3 Å². The largest absolute Gasteiger partial charge is 0.473 e. The average molecular weight is 410 g/mol. The molecule has 4 aromatic rings. The fraction of sp³-hybridized carbons (Fsp3) is 0.0625. The molecule has 0 unspecified atom stereocenters. The topological polar surface area (TPSA) is 64.1 Å². The van der Waals surface area contributed by atoms with Gasteiger partial charge >= 0.3 is 0 Å². The zero-order valence-electron chi connectivity index (χ0n) is 12.7. The summed E-state index contributed by atoms with van der Waals surface area (Å²) in [6.45, 7) is 0. The molecule has 126 valence electrons. The molecule has 2 aromatic carbocycles. The zero-order chi connectivity index (χ0) is 17.6.